The van der Waals surface area contributed by atoms with Gasteiger partial charge in [0.2, 0.25) is 0 Å². The molecule has 0 saturated carbocycles. The normalized spacial score (nSPS) is 42.0. The minimum atomic E-state index is 0.752. The molecule has 3 aliphatic heterocycles. The second kappa shape index (κ2) is 6.11. The summed E-state index contributed by atoms with van der Waals surface area (Å²) in [6.07, 6.45) is 7.00. The van der Waals surface area contributed by atoms with E-state index in [1.165, 1.54) is 64.8 Å². The van der Waals surface area contributed by atoms with E-state index in [4.69, 9.17) is 0 Å². The van der Waals surface area contributed by atoms with Crippen LogP contribution in [0.2, 0.25) is 0 Å². The lowest BCUT2D eigenvalue weighted by Gasteiger charge is -2.47. The van der Waals surface area contributed by atoms with Gasteiger partial charge in [-0.25, -0.2) is 0 Å². The topological polar surface area (TPSA) is 18.5 Å². The number of rotatable bonds is 2. The molecule has 0 aromatic carbocycles. The summed E-state index contributed by atoms with van der Waals surface area (Å²) < 4.78 is 0. The van der Waals surface area contributed by atoms with Crippen LogP contribution in [-0.4, -0.2) is 61.7 Å². The van der Waals surface area contributed by atoms with Crippen LogP contribution in [0.15, 0.2) is 0 Å². The van der Waals surface area contributed by atoms with Gasteiger partial charge in [0.05, 0.1) is 0 Å². The summed E-state index contributed by atoms with van der Waals surface area (Å²) in [5.74, 6) is 1.86. The quantitative estimate of drug-likeness (QED) is 0.821. The molecule has 0 aromatic heterocycles. The standard InChI is InChI=1S/C16H31N3/c1-13-5-7-17-15(10-13)12-19-9-6-16-14(11-19)4-3-8-18(16)2/h13-17H,3-12H2,1-2H3. The maximum atomic E-state index is 3.73. The Labute approximate surface area is 118 Å². The van der Waals surface area contributed by atoms with Crippen molar-refractivity contribution in [3.8, 4) is 0 Å². The molecular formula is C16H31N3. The van der Waals surface area contributed by atoms with Crippen molar-refractivity contribution < 1.29 is 0 Å². The molecule has 3 heteroatoms. The molecule has 4 unspecified atom stereocenters. The molecule has 3 fully saturated rings. The van der Waals surface area contributed by atoms with Crippen molar-refractivity contribution in [2.24, 2.45) is 11.8 Å². The predicted octanol–water partition coefficient (Wildman–Crippen LogP) is 1.79. The van der Waals surface area contributed by atoms with Crippen molar-refractivity contribution >= 4 is 0 Å². The van der Waals surface area contributed by atoms with E-state index in [2.05, 4.69) is 29.1 Å². The molecule has 0 amide bonds. The van der Waals surface area contributed by atoms with Gasteiger partial charge in [0, 0.05) is 25.2 Å². The monoisotopic (exact) mass is 265 g/mol. The molecule has 0 spiro atoms. The first-order valence-electron chi connectivity index (χ1n) is 8.38. The van der Waals surface area contributed by atoms with Gasteiger partial charge in [-0.15, -0.1) is 0 Å². The van der Waals surface area contributed by atoms with Gasteiger partial charge < -0.3 is 15.1 Å². The first-order chi connectivity index (χ1) is 9.22. The smallest absolute Gasteiger partial charge is 0.0197 e. The number of hydrogen-bond donors (Lipinski definition) is 1. The zero-order chi connectivity index (χ0) is 13.2. The highest BCUT2D eigenvalue weighted by molar-refractivity contribution is 4.90. The van der Waals surface area contributed by atoms with E-state index < -0.39 is 0 Å². The molecule has 4 atom stereocenters. The first-order valence-corrected chi connectivity index (χ1v) is 8.38. The van der Waals surface area contributed by atoms with E-state index in [9.17, 15) is 0 Å². The Kier molecular flexibility index (Phi) is 4.45. The SMILES string of the molecule is CC1CCNC(CN2CCC3C(CCCN3C)C2)C1. The van der Waals surface area contributed by atoms with Crippen LogP contribution in [0.4, 0.5) is 0 Å². The van der Waals surface area contributed by atoms with Crippen LogP contribution in [0.1, 0.15) is 39.0 Å². The van der Waals surface area contributed by atoms with Gasteiger partial charge in [0.25, 0.3) is 0 Å². The average Bonchev–Trinajstić information content (AvgIpc) is 2.39. The lowest BCUT2D eigenvalue weighted by atomic mass is 9.84. The molecule has 0 aliphatic carbocycles. The van der Waals surface area contributed by atoms with E-state index >= 15 is 0 Å². The summed E-state index contributed by atoms with van der Waals surface area (Å²) >= 11 is 0. The molecule has 0 bridgehead atoms. The summed E-state index contributed by atoms with van der Waals surface area (Å²) in [5, 5.41) is 3.73. The highest BCUT2D eigenvalue weighted by Crippen LogP contribution is 2.30. The summed E-state index contributed by atoms with van der Waals surface area (Å²) in [5.41, 5.74) is 0. The number of nitrogens with zero attached hydrogens (tertiary/aromatic N) is 2. The average molecular weight is 265 g/mol. The van der Waals surface area contributed by atoms with Gasteiger partial charge in [-0.3, -0.25) is 0 Å². The van der Waals surface area contributed by atoms with E-state index in [-0.39, 0.29) is 0 Å². The Morgan fingerprint density at radius 2 is 2.05 bits per heavy atom. The van der Waals surface area contributed by atoms with E-state index in [0.29, 0.717) is 0 Å². The fourth-order valence-corrected chi connectivity index (χ4v) is 4.57. The van der Waals surface area contributed by atoms with Crippen LogP contribution < -0.4 is 5.32 Å². The molecular weight excluding hydrogens is 234 g/mol. The molecule has 110 valence electrons. The summed E-state index contributed by atoms with van der Waals surface area (Å²) in [6, 6.07) is 1.63. The van der Waals surface area contributed by atoms with Crippen molar-refractivity contribution in [2.75, 3.05) is 39.8 Å². The highest BCUT2D eigenvalue weighted by atomic mass is 15.2. The molecule has 0 aromatic rings. The van der Waals surface area contributed by atoms with Crippen molar-refractivity contribution in [2.45, 2.75) is 51.1 Å². The Bertz CT molecular complexity index is 292. The van der Waals surface area contributed by atoms with Gasteiger partial charge >= 0.3 is 0 Å². The van der Waals surface area contributed by atoms with Gasteiger partial charge in [-0.2, -0.15) is 0 Å². The van der Waals surface area contributed by atoms with Gasteiger partial charge in [-0.1, -0.05) is 6.92 Å². The van der Waals surface area contributed by atoms with E-state index in [1.807, 2.05) is 0 Å². The number of piperidine rings is 3. The molecule has 3 rings (SSSR count). The van der Waals surface area contributed by atoms with Gasteiger partial charge in [0.1, 0.15) is 0 Å². The fraction of sp³-hybridized carbons (Fsp3) is 1.00. The molecule has 3 heterocycles. The number of nitrogens with one attached hydrogen (secondary N) is 1. The number of fused-ring (bicyclic) bond motifs is 1. The van der Waals surface area contributed by atoms with Gasteiger partial charge in [0.15, 0.2) is 0 Å². The predicted molar refractivity (Wildman–Crippen MR) is 80.4 cm³/mol. The Hall–Kier alpha value is -0.120. The lowest BCUT2D eigenvalue weighted by Crippen LogP contribution is -2.55. The van der Waals surface area contributed by atoms with Crippen molar-refractivity contribution in [3.63, 3.8) is 0 Å². The molecule has 3 aliphatic rings. The van der Waals surface area contributed by atoms with Gasteiger partial charge in [-0.05, 0) is 70.6 Å². The minimum absolute atomic E-state index is 0.752. The van der Waals surface area contributed by atoms with Crippen molar-refractivity contribution in [1.29, 1.82) is 0 Å². The largest absolute Gasteiger partial charge is 0.313 e. The molecule has 1 N–H and O–H groups in total. The number of hydrogen-bond acceptors (Lipinski definition) is 3. The van der Waals surface area contributed by atoms with E-state index in [0.717, 1.165) is 23.9 Å². The summed E-state index contributed by atoms with van der Waals surface area (Å²) in [4.78, 5) is 5.36. The third-order valence-electron chi connectivity index (χ3n) is 5.67. The second-order valence-corrected chi connectivity index (χ2v) is 7.28. The number of likely N-dealkylation sites (tertiary alicyclic amines) is 2. The second-order valence-electron chi connectivity index (χ2n) is 7.28. The van der Waals surface area contributed by atoms with Crippen LogP contribution in [-0.2, 0) is 0 Å². The molecule has 3 saturated heterocycles. The third kappa shape index (κ3) is 3.32. The third-order valence-corrected chi connectivity index (χ3v) is 5.67. The van der Waals surface area contributed by atoms with Crippen LogP contribution in [0.3, 0.4) is 0 Å². The first kappa shape index (κ1) is 13.8. The molecule has 0 radical (unpaired) electrons. The zero-order valence-electron chi connectivity index (χ0n) is 12.8. The van der Waals surface area contributed by atoms with Crippen LogP contribution in [0.5, 0.6) is 0 Å². The van der Waals surface area contributed by atoms with Crippen LogP contribution in [0, 0.1) is 11.8 Å². The lowest BCUT2D eigenvalue weighted by molar-refractivity contribution is 0.0326. The van der Waals surface area contributed by atoms with Crippen LogP contribution >= 0.6 is 0 Å². The Morgan fingerprint density at radius 3 is 2.89 bits per heavy atom. The van der Waals surface area contributed by atoms with Crippen molar-refractivity contribution in [3.05, 3.63) is 0 Å². The maximum absolute atomic E-state index is 3.73. The summed E-state index contributed by atoms with van der Waals surface area (Å²) in [6.45, 7) is 8.92. The molecule has 3 nitrogen and oxygen atoms in total. The zero-order valence-corrected chi connectivity index (χ0v) is 12.8. The summed E-state index contributed by atoms with van der Waals surface area (Å²) in [7, 11) is 2.33. The van der Waals surface area contributed by atoms with Crippen LogP contribution in [0.25, 0.3) is 0 Å². The Morgan fingerprint density at radius 1 is 1.16 bits per heavy atom. The maximum Gasteiger partial charge on any atom is 0.0197 e. The van der Waals surface area contributed by atoms with E-state index in [1.54, 1.807) is 0 Å². The van der Waals surface area contributed by atoms with Crippen molar-refractivity contribution in [1.82, 2.24) is 15.1 Å². The Balaban J connectivity index is 1.50. The highest BCUT2D eigenvalue weighted by Gasteiger charge is 2.34. The fourth-order valence-electron chi connectivity index (χ4n) is 4.57. The minimum Gasteiger partial charge on any atom is -0.313 e. The molecule has 19 heavy (non-hydrogen) atoms.